The average molecular weight is 266 g/mol. The second-order valence-corrected chi connectivity index (χ2v) is 7.78. The van der Waals surface area contributed by atoms with Crippen LogP contribution < -0.4 is 0 Å². The van der Waals surface area contributed by atoms with E-state index in [-0.39, 0.29) is 4.90 Å². The van der Waals surface area contributed by atoms with E-state index >= 15 is 0 Å². The van der Waals surface area contributed by atoms with E-state index in [1.54, 1.807) is 0 Å². The normalized spacial score (nSPS) is 12.6. The Morgan fingerprint density at radius 1 is 1.12 bits per heavy atom. The molecule has 0 N–H and O–H groups in total. The number of hydrogen-bond acceptors (Lipinski definition) is 4. The van der Waals surface area contributed by atoms with Crippen LogP contribution in [0.5, 0.6) is 0 Å². The largest absolute Gasteiger partial charge is 0.229 e. The first-order valence-electron chi connectivity index (χ1n) is 4.37. The van der Waals surface area contributed by atoms with E-state index in [0.29, 0.717) is 0 Å². The summed E-state index contributed by atoms with van der Waals surface area (Å²) in [6.07, 6.45) is 0.952. The standard InChI is InChI=1S/C9H11FO4S2/c1-15(11,12)5-6-16(13,14)9-4-2-3-8(10)7-9/h2-4,7H,5-6H2,1H3. The lowest BCUT2D eigenvalue weighted by Gasteiger charge is -2.03. The minimum absolute atomic E-state index is 0.198. The lowest BCUT2D eigenvalue weighted by atomic mass is 10.4. The predicted molar refractivity (Wildman–Crippen MR) is 58.2 cm³/mol. The highest BCUT2D eigenvalue weighted by atomic mass is 32.2. The first kappa shape index (κ1) is 13.1. The van der Waals surface area contributed by atoms with Crippen LogP contribution in [-0.4, -0.2) is 34.6 Å². The van der Waals surface area contributed by atoms with Crippen LogP contribution >= 0.6 is 0 Å². The molecule has 0 unspecified atom stereocenters. The Labute approximate surface area is 93.9 Å². The Morgan fingerprint density at radius 3 is 2.25 bits per heavy atom. The quantitative estimate of drug-likeness (QED) is 0.802. The smallest absolute Gasteiger partial charge is 0.179 e. The summed E-state index contributed by atoms with van der Waals surface area (Å²) >= 11 is 0. The highest BCUT2D eigenvalue weighted by molar-refractivity contribution is 7.94. The van der Waals surface area contributed by atoms with Crippen molar-refractivity contribution in [1.82, 2.24) is 0 Å². The fourth-order valence-corrected chi connectivity index (χ4v) is 3.94. The number of halogens is 1. The van der Waals surface area contributed by atoms with Crippen LogP contribution in [0.25, 0.3) is 0 Å². The number of hydrogen-bond donors (Lipinski definition) is 0. The molecule has 16 heavy (non-hydrogen) atoms. The zero-order chi connectivity index (χ0) is 12.4. The molecule has 0 heterocycles. The van der Waals surface area contributed by atoms with E-state index in [9.17, 15) is 21.2 Å². The zero-order valence-corrected chi connectivity index (χ0v) is 10.2. The molecule has 1 rings (SSSR count). The number of sulfone groups is 2. The van der Waals surface area contributed by atoms with Gasteiger partial charge < -0.3 is 0 Å². The van der Waals surface area contributed by atoms with Crippen LogP contribution in [-0.2, 0) is 19.7 Å². The minimum atomic E-state index is -3.74. The molecule has 4 nitrogen and oxygen atoms in total. The van der Waals surface area contributed by atoms with Crippen molar-refractivity contribution in [3.05, 3.63) is 30.1 Å². The topological polar surface area (TPSA) is 68.3 Å². The molecule has 0 aliphatic carbocycles. The van der Waals surface area contributed by atoms with E-state index in [0.717, 1.165) is 18.4 Å². The fourth-order valence-electron chi connectivity index (χ4n) is 1.04. The third-order valence-electron chi connectivity index (χ3n) is 1.88. The molecule has 0 saturated heterocycles. The van der Waals surface area contributed by atoms with Gasteiger partial charge in [0.25, 0.3) is 0 Å². The Balaban J connectivity index is 2.95. The molecule has 0 aliphatic heterocycles. The van der Waals surface area contributed by atoms with E-state index < -0.39 is 37.0 Å². The van der Waals surface area contributed by atoms with Gasteiger partial charge in [0, 0.05) is 6.26 Å². The second kappa shape index (κ2) is 4.50. The van der Waals surface area contributed by atoms with E-state index in [4.69, 9.17) is 0 Å². The van der Waals surface area contributed by atoms with Crippen molar-refractivity contribution in [3.63, 3.8) is 0 Å². The van der Waals surface area contributed by atoms with Crippen molar-refractivity contribution in [1.29, 1.82) is 0 Å². The van der Waals surface area contributed by atoms with Gasteiger partial charge in [0.1, 0.15) is 15.7 Å². The molecule has 0 atom stereocenters. The SMILES string of the molecule is CS(=O)(=O)CCS(=O)(=O)c1cccc(F)c1. The Morgan fingerprint density at radius 2 is 1.75 bits per heavy atom. The molecule has 7 heteroatoms. The zero-order valence-electron chi connectivity index (χ0n) is 8.55. The first-order chi connectivity index (χ1) is 7.21. The summed E-state index contributed by atoms with van der Waals surface area (Å²) in [6, 6.07) is 4.50. The summed E-state index contributed by atoms with van der Waals surface area (Å²) in [4.78, 5) is -0.198. The number of rotatable bonds is 4. The van der Waals surface area contributed by atoms with Crippen LogP contribution in [0.2, 0.25) is 0 Å². The van der Waals surface area contributed by atoms with Crippen molar-refractivity contribution < 1.29 is 21.2 Å². The predicted octanol–water partition coefficient (Wildman–Crippen LogP) is 0.644. The van der Waals surface area contributed by atoms with Gasteiger partial charge in [0.2, 0.25) is 0 Å². The van der Waals surface area contributed by atoms with Crippen LogP contribution in [0.3, 0.4) is 0 Å². The molecule has 0 fully saturated rings. The minimum Gasteiger partial charge on any atom is -0.229 e. The summed E-state index contributed by atoms with van der Waals surface area (Å²) in [5, 5.41) is 0. The van der Waals surface area contributed by atoms with Gasteiger partial charge in [-0.3, -0.25) is 0 Å². The van der Waals surface area contributed by atoms with Crippen LogP contribution in [0.4, 0.5) is 4.39 Å². The summed E-state index contributed by atoms with van der Waals surface area (Å²) in [5.74, 6) is -1.67. The van der Waals surface area contributed by atoms with E-state index in [2.05, 4.69) is 0 Å². The van der Waals surface area contributed by atoms with Crippen molar-refractivity contribution >= 4 is 19.7 Å². The maximum Gasteiger partial charge on any atom is 0.179 e. The van der Waals surface area contributed by atoms with Crippen molar-refractivity contribution in [2.45, 2.75) is 4.90 Å². The Bertz CT molecular complexity index is 575. The summed E-state index contributed by atoms with van der Waals surface area (Å²) < 4.78 is 57.7. The molecule has 0 amide bonds. The van der Waals surface area contributed by atoms with Crippen LogP contribution in [0, 0.1) is 5.82 Å². The molecule has 0 aromatic heterocycles. The van der Waals surface area contributed by atoms with Gasteiger partial charge in [0.05, 0.1) is 16.4 Å². The fraction of sp³-hybridized carbons (Fsp3) is 0.333. The maximum atomic E-state index is 12.8. The second-order valence-electron chi connectivity index (χ2n) is 3.41. The van der Waals surface area contributed by atoms with Gasteiger partial charge in [-0.25, -0.2) is 21.2 Å². The summed E-state index contributed by atoms with van der Waals surface area (Å²) in [6.45, 7) is 0. The average Bonchev–Trinajstić information content (AvgIpc) is 2.14. The van der Waals surface area contributed by atoms with Crippen molar-refractivity contribution in [2.24, 2.45) is 0 Å². The van der Waals surface area contributed by atoms with Gasteiger partial charge in [-0.2, -0.15) is 0 Å². The lowest BCUT2D eigenvalue weighted by molar-refractivity contribution is 0.587. The molecule has 0 aliphatic rings. The number of benzene rings is 1. The lowest BCUT2D eigenvalue weighted by Crippen LogP contribution is -2.16. The monoisotopic (exact) mass is 266 g/mol. The Hall–Kier alpha value is -0.950. The van der Waals surface area contributed by atoms with Gasteiger partial charge in [-0.15, -0.1) is 0 Å². The van der Waals surface area contributed by atoms with E-state index in [1.165, 1.54) is 12.1 Å². The van der Waals surface area contributed by atoms with Gasteiger partial charge >= 0.3 is 0 Å². The van der Waals surface area contributed by atoms with Gasteiger partial charge in [0.15, 0.2) is 9.84 Å². The van der Waals surface area contributed by atoms with Crippen molar-refractivity contribution in [3.8, 4) is 0 Å². The highest BCUT2D eigenvalue weighted by Crippen LogP contribution is 2.12. The molecule has 0 radical (unpaired) electrons. The highest BCUT2D eigenvalue weighted by Gasteiger charge is 2.17. The Kier molecular flexibility index (Phi) is 3.69. The molecule has 0 bridgehead atoms. The van der Waals surface area contributed by atoms with Gasteiger partial charge in [-0.1, -0.05) is 6.07 Å². The van der Waals surface area contributed by atoms with Crippen molar-refractivity contribution in [2.75, 3.05) is 17.8 Å². The summed E-state index contributed by atoms with van der Waals surface area (Å²) in [5.41, 5.74) is 0. The van der Waals surface area contributed by atoms with E-state index in [1.807, 2.05) is 0 Å². The maximum absolute atomic E-state index is 12.8. The molecule has 90 valence electrons. The molecular weight excluding hydrogens is 255 g/mol. The molecule has 0 spiro atoms. The molecule has 0 saturated carbocycles. The molecule has 1 aromatic rings. The first-order valence-corrected chi connectivity index (χ1v) is 8.08. The summed E-state index contributed by atoms with van der Waals surface area (Å²) in [7, 11) is -7.08. The molecule has 1 aromatic carbocycles. The molecular formula is C9H11FO4S2. The van der Waals surface area contributed by atoms with Gasteiger partial charge in [-0.05, 0) is 18.2 Å². The third-order valence-corrected chi connectivity index (χ3v) is 4.80. The third kappa shape index (κ3) is 3.90. The van der Waals surface area contributed by atoms with Crippen LogP contribution in [0.15, 0.2) is 29.2 Å². The van der Waals surface area contributed by atoms with Crippen LogP contribution in [0.1, 0.15) is 0 Å².